The molecule has 2 aliphatic heterocycles. The first-order chi connectivity index (χ1) is 16.1. The van der Waals surface area contributed by atoms with Crippen LogP contribution in [-0.4, -0.2) is 42.9 Å². The van der Waals surface area contributed by atoms with Gasteiger partial charge in [0.05, 0.1) is 6.54 Å². The molecule has 2 heterocycles. The van der Waals surface area contributed by atoms with Crippen LogP contribution in [0.25, 0.3) is 0 Å². The lowest BCUT2D eigenvalue weighted by Gasteiger charge is -2.30. The molecule has 0 aromatic heterocycles. The van der Waals surface area contributed by atoms with Crippen LogP contribution in [0, 0.1) is 5.92 Å². The number of aliphatic imine (C=N–C) groups is 1. The lowest BCUT2D eigenvalue weighted by molar-refractivity contribution is -0.116. The number of anilines is 1. The van der Waals surface area contributed by atoms with Crippen LogP contribution in [0.2, 0.25) is 0 Å². The number of fused-ring (bicyclic) bond motifs is 1. The number of nitrogens with zero attached hydrogens (tertiary/aromatic N) is 2. The Hall–Kier alpha value is -2.86. The zero-order chi connectivity index (χ0) is 23.0. The maximum atomic E-state index is 12.1. The van der Waals surface area contributed by atoms with Crippen molar-refractivity contribution in [2.45, 2.75) is 52.1 Å². The number of hydrogen-bond acceptors (Lipinski definition) is 3. The van der Waals surface area contributed by atoms with Crippen LogP contribution in [0.5, 0.6) is 0 Å². The molecule has 2 aromatic rings. The third-order valence-electron chi connectivity index (χ3n) is 6.76. The normalized spacial score (nSPS) is 19.6. The molecule has 1 fully saturated rings. The number of carbonyl (C=O) groups is 1. The van der Waals surface area contributed by atoms with Gasteiger partial charge in [-0.2, -0.15) is 0 Å². The van der Waals surface area contributed by atoms with Crippen LogP contribution >= 0.6 is 0 Å². The summed E-state index contributed by atoms with van der Waals surface area (Å²) >= 11 is 0. The summed E-state index contributed by atoms with van der Waals surface area (Å²) in [6.45, 7) is 9.89. The van der Waals surface area contributed by atoms with Crippen molar-refractivity contribution in [3.05, 3.63) is 65.2 Å². The summed E-state index contributed by atoms with van der Waals surface area (Å²) < 4.78 is 0. The molecule has 0 aliphatic carbocycles. The Kier molecular flexibility index (Phi) is 8.00. The minimum absolute atomic E-state index is 0.0727. The topological polar surface area (TPSA) is 68.8 Å². The van der Waals surface area contributed by atoms with Crippen molar-refractivity contribution in [3.63, 3.8) is 0 Å². The predicted octanol–water partition coefficient (Wildman–Crippen LogP) is 4.10. The molecule has 0 spiro atoms. The third kappa shape index (κ3) is 6.35. The zero-order valence-electron chi connectivity index (χ0n) is 19.9. The number of benzene rings is 2. The van der Waals surface area contributed by atoms with Crippen LogP contribution in [0.1, 0.15) is 55.7 Å². The summed E-state index contributed by atoms with van der Waals surface area (Å²) in [6.07, 6.45) is 3.06. The van der Waals surface area contributed by atoms with Crippen LogP contribution in [-0.2, 0) is 17.9 Å². The van der Waals surface area contributed by atoms with Gasteiger partial charge in [0.1, 0.15) is 0 Å². The summed E-state index contributed by atoms with van der Waals surface area (Å²) in [6, 6.07) is 16.7. The number of nitrogens with one attached hydrogen (secondary N) is 3. The summed E-state index contributed by atoms with van der Waals surface area (Å²) in [7, 11) is 0. The van der Waals surface area contributed by atoms with Crippen molar-refractivity contribution in [3.8, 4) is 0 Å². The average molecular weight is 448 g/mol. The molecule has 1 saturated heterocycles. The van der Waals surface area contributed by atoms with Crippen LogP contribution in [0.3, 0.4) is 0 Å². The molecule has 1 atom stereocenters. The highest BCUT2D eigenvalue weighted by Gasteiger charge is 2.24. The molecule has 0 bridgehead atoms. The number of hydrogen-bond donors (Lipinski definition) is 3. The number of para-hydroxylation sites is 1. The molecule has 33 heavy (non-hydrogen) atoms. The van der Waals surface area contributed by atoms with Gasteiger partial charge in [0.25, 0.3) is 0 Å². The lowest BCUT2D eigenvalue weighted by atomic mass is 9.90. The maximum Gasteiger partial charge on any atom is 0.225 e. The smallest absolute Gasteiger partial charge is 0.225 e. The van der Waals surface area contributed by atoms with Crippen molar-refractivity contribution >= 4 is 17.6 Å². The molecule has 6 heteroatoms. The van der Waals surface area contributed by atoms with E-state index in [1.54, 1.807) is 0 Å². The van der Waals surface area contributed by atoms with Crippen LogP contribution in [0.15, 0.2) is 53.5 Å². The van der Waals surface area contributed by atoms with E-state index in [1.165, 1.54) is 42.6 Å². The van der Waals surface area contributed by atoms with Crippen molar-refractivity contribution < 1.29 is 4.79 Å². The van der Waals surface area contributed by atoms with Gasteiger partial charge in [0, 0.05) is 37.7 Å². The number of rotatable bonds is 7. The van der Waals surface area contributed by atoms with E-state index in [0.29, 0.717) is 19.5 Å². The molecule has 1 unspecified atom stereocenters. The highest BCUT2D eigenvalue weighted by Crippen LogP contribution is 2.31. The molecule has 0 saturated carbocycles. The Morgan fingerprint density at radius 3 is 2.58 bits per heavy atom. The average Bonchev–Trinajstić information content (AvgIpc) is 2.83. The summed E-state index contributed by atoms with van der Waals surface area (Å²) in [5.41, 5.74) is 4.74. The second-order valence-electron chi connectivity index (χ2n) is 9.34. The summed E-state index contributed by atoms with van der Waals surface area (Å²) in [4.78, 5) is 19.6. The number of likely N-dealkylation sites (tertiary alicyclic amines) is 1. The molecule has 6 nitrogen and oxygen atoms in total. The Bertz CT molecular complexity index is 964. The van der Waals surface area contributed by atoms with Gasteiger partial charge in [-0.05, 0) is 61.5 Å². The van der Waals surface area contributed by atoms with Gasteiger partial charge < -0.3 is 16.0 Å². The molecule has 2 aromatic carbocycles. The van der Waals surface area contributed by atoms with Gasteiger partial charge >= 0.3 is 0 Å². The molecule has 3 N–H and O–H groups in total. The molecular weight excluding hydrogens is 410 g/mol. The fourth-order valence-electron chi connectivity index (χ4n) is 4.74. The highest BCUT2D eigenvalue weighted by molar-refractivity contribution is 5.94. The fraction of sp³-hybridized carbons (Fsp3) is 0.481. The zero-order valence-corrected chi connectivity index (χ0v) is 19.9. The Labute approximate surface area is 197 Å². The lowest BCUT2D eigenvalue weighted by Crippen LogP contribution is -2.40. The molecule has 0 radical (unpaired) electrons. The first-order valence-corrected chi connectivity index (χ1v) is 12.3. The van der Waals surface area contributed by atoms with Crippen molar-refractivity contribution in [2.24, 2.45) is 10.9 Å². The van der Waals surface area contributed by atoms with Gasteiger partial charge in [-0.15, -0.1) is 0 Å². The SMILES string of the molecule is CCNC(=NCc1ccccc1CN1CCC(C)CC1)NCC1CC(=O)Nc2ccccc21. The number of piperidine rings is 1. The van der Waals surface area contributed by atoms with Crippen LogP contribution < -0.4 is 16.0 Å². The van der Waals surface area contributed by atoms with Crippen molar-refractivity contribution in [2.75, 3.05) is 31.5 Å². The van der Waals surface area contributed by atoms with E-state index >= 15 is 0 Å². The van der Waals surface area contributed by atoms with E-state index in [4.69, 9.17) is 4.99 Å². The number of guanidine groups is 1. The summed E-state index contributed by atoms with van der Waals surface area (Å²) in [5.74, 6) is 1.84. The third-order valence-corrected chi connectivity index (χ3v) is 6.76. The van der Waals surface area contributed by atoms with E-state index in [1.807, 2.05) is 18.2 Å². The first kappa shape index (κ1) is 23.3. The van der Waals surface area contributed by atoms with Crippen molar-refractivity contribution in [1.29, 1.82) is 0 Å². The number of amides is 1. The van der Waals surface area contributed by atoms with E-state index in [0.717, 1.165) is 30.7 Å². The molecule has 2 aliphatic rings. The molecule has 176 valence electrons. The second-order valence-corrected chi connectivity index (χ2v) is 9.34. The monoisotopic (exact) mass is 447 g/mol. The summed E-state index contributed by atoms with van der Waals surface area (Å²) in [5, 5.41) is 9.81. The number of carbonyl (C=O) groups excluding carboxylic acids is 1. The van der Waals surface area contributed by atoms with Gasteiger partial charge in [0.15, 0.2) is 5.96 Å². The van der Waals surface area contributed by atoms with E-state index in [2.05, 4.69) is 65.0 Å². The van der Waals surface area contributed by atoms with Gasteiger partial charge in [-0.3, -0.25) is 9.69 Å². The van der Waals surface area contributed by atoms with Gasteiger partial charge in [-0.1, -0.05) is 49.4 Å². The first-order valence-electron chi connectivity index (χ1n) is 12.3. The Balaban J connectivity index is 1.40. The van der Waals surface area contributed by atoms with Crippen molar-refractivity contribution in [1.82, 2.24) is 15.5 Å². The molecular formula is C27H37N5O. The minimum Gasteiger partial charge on any atom is -0.357 e. The van der Waals surface area contributed by atoms with E-state index < -0.39 is 0 Å². The van der Waals surface area contributed by atoms with Crippen LogP contribution in [0.4, 0.5) is 5.69 Å². The predicted molar refractivity (Wildman–Crippen MR) is 135 cm³/mol. The Morgan fingerprint density at radius 2 is 1.79 bits per heavy atom. The maximum absolute atomic E-state index is 12.1. The standard InChI is InChI=1S/C27H37N5O/c1-3-28-27(30-18-23-16-26(33)31-25-11-7-6-10-24(23)25)29-17-21-8-4-5-9-22(21)19-32-14-12-20(2)13-15-32/h4-11,20,23H,3,12-19H2,1-2H3,(H,31,33)(H2,28,29,30). The minimum atomic E-state index is 0.0727. The molecule has 1 amide bonds. The van der Waals surface area contributed by atoms with Gasteiger partial charge in [-0.25, -0.2) is 4.99 Å². The fourth-order valence-corrected chi connectivity index (χ4v) is 4.74. The Morgan fingerprint density at radius 1 is 1.06 bits per heavy atom. The van der Waals surface area contributed by atoms with E-state index in [9.17, 15) is 4.79 Å². The highest BCUT2D eigenvalue weighted by atomic mass is 16.1. The van der Waals surface area contributed by atoms with Gasteiger partial charge in [0.2, 0.25) is 5.91 Å². The molecule has 4 rings (SSSR count). The quantitative estimate of drug-likeness (QED) is 0.442. The second kappa shape index (κ2) is 11.3. The van der Waals surface area contributed by atoms with E-state index in [-0.39, 0.29) is 11.8 Å². The largest absolute Gasteiger partial charge is 0.357 e.